The third-order valence-corrected chi connectivity index (χ3v) is 3.98. The van der Waals surface area contributed by atoms with Gasteiger partial charge in [0.25, 0.3) is 0 Å². The molecule has 0 unspecified atom stereocenters. The number of benzene rings is 1. The Morgan fingerprint density at radius 2 is 1.86 bits per heavy atom. The van der Waals surface area contributed by atoms with Gasteiger partial charge in [0.15, 0.2) is 6.61 Å². The first-order valence-corrected chi connectivity index (χ1v) is 7.29. The van der Waals surface area contributed by atoms with Crippen LogP contribution in [0.1, 0.15) is 6.92 Å². The molecule has 0 fully saturated rings. The van der Waals surface area contributed by atoms with Gasteiger partial charge in [-0.15, -0.1) is 0 Å². The number of esters is 1. The van der Waals surface area contributed by atoms with Crippen LogP contribution in [0.4, 0.5) is 0 Å². The van der Waals surface area contributed by atoms with Crippen LogP contribution in [-0.4, -0.2) is 45.2 Å². The highest BCUT2D eigenvalue weighted by Crippen LogP contribution is 2.16. The van der Waals surface area contributed by atoms with Crippen LogP contribution >= 0.6 is 0 Å². The number of carbonyl (C=O) groups excluding carboxylic acids is 1. The molecule has 21 heavy (non-hydrogen) atoms. The Kier molecular flexibility index (Phi) is 5.68. The number of hydrogen-bond acceptors (Lipinski definition) is 6. The van der Waals surface area contributed by atoms with Gasteiger partial charge in [-0.25, -0.2) is 13.2 Å². The number of aliphatic carboxylic acids is 1. The second-order valence-electron chi connectivity index (χ2n) is 4.02. The van der Waals surface area contributed by atoms with Crippen molar-refractivity contribution < 1.29 is 32.6 Å². The summed E-state index contributed by atoms with van der Waals surface area (Å²) in [5.74, 6) is -1.56. The summed E-state index contributed by atoms with van der Waals surface area (Å²) in [5.41, 5.74) is 0. The lowest BCUT2D eigenvalue weighted by molar-refractivity contribution is -0.143. The molecule has 0 amide bonds. The molecule has 1 aromatic carbocycles. The molecule has 0 aliphatic rings. The molecule has 0 spiro atoms. The molecule has 0 saturated heterocycles. The number of rotatable bonds is 7. The zero-order chi connectivity index (χ0) is 16.0. The normalized spacial score (nSPS) is 12.5. The highest BCUT2D eigenvalue weighted by Gasteiger charge is 2.21. The molecular formula is C12H15NO7S. The molecule has 0 heterocycles. The summed E-state index contributed by atoms with van der Waals surface area (Å²) in [4.78, 5) is 21.4. The van der Waals surface area contributed by atoms with E-state index in [4.69, 9.17) is 9.84 Å². The molecular weight excluding hydrogens is 302 g/mol. The number of nitrogens with one attached hydrogen (secondary N) is 1. The quantitative estimate of drug-likeness (QED) is 0.679. The zero-order valence-corrected chi connectivity index (χ0v) is 12.2. The first-order chi connectivity index (χ1) is 9.76. The summed E-state index contributed by atoms with van der Waals surface area (Å²) < 4.78 is 35.2. The SMILES string of the molecule is COC(=O)COc1ccc(S(=O)(=O)N[C@H](C)C(=O)O)cc1. The minimum absolute atomic E-state index is 0.110. The van der Waals surface area contributed by atoms with E-state index < -0.39 is 28.0 Å². The van der Waals surface area contributed by atoms with Crippen LogP contribution < -0.4 is 9.46 Å². The Bertz CT molecular complexity index is 609. The molecule has 2 N–H and O–H groups in total. The van der Waals surface area contributed by atoms with Crippen LogP contribution in [-0.2, 0) is 24.3 Å². The van der Waals surface area contributed by atoms with E-state index in [1.165, 1.54) is 38.3 Å². The van der Waals surface area contributed by atoms with Gasteiger partial charge in [-0.2, -0.15) is 4.72 Å². The van der Waals surface area contributed by atoms with Gasteiger partial charge in [0.05, 0.1) is 12.0 Å². The molecule has 0 aliphatic carbocycles. The zero-order valence-electron chi connectivity index (χ0n) is 11.4. The summed E-state index contributed by atoms with van der Waals surface area (Å²) in [6, 6.07) is 3.93. The summed E-state index contributed by atoms with van der Waals surface area (Å²) >= 11 is 0. The average Bonchev–Trinajstić information content (AvgIpc) is 2.44. The van der Waals surface area contributed by atoms with Crippen molar-refractivity contribution in [3.05, 3.63) is 24.3 Å². The average molecular weight is 317 g/mol. The number of carboxylic acid groups (broad SMARTS) is 1. The van der Waals surface area contributed by atoms with Crippen molar-refractivity contribution in [1.29, 1.82) is 0 Å². The van der Waals surface area contributed by atoms with E-state index in [9.17, 15) is 18.0 Å². The Balaban J connectivity index is 2.77. The molecule has 9 heteroatoms. The van der Waals surface area contributed by atoms with Crippen molar-refractivity contribution in [2.24, 2.45) is 0 Å². The molecule has 116 valence electrons. The third kappa shape index (κ3) is 5.04. The van der Waals surface area contributed by atoms with Crippen LogP contribution in [0, 0.1) is 0 Å². The number of sulfonamides is 1. The second-order valence-corrected chi connectivity index (χ2v) is 5.73. The minimum atomic E-state index is -3.94. The van der Waals surface area contributed by atoms with Gasteiger partial charge in [-0.3, -0.25) is 4.79 Å². The van der Waals surface area contributed by atoms with E-state index in [1.54, 1.807) is 0 Å². The van der Waals surface area contributed by atoms with Gasteiger partial charge >= 0.3 is 11.9 Å². The number of hydrogen-bond donors (Lipinski definition) is 2. The van der Waals surface area contributed by atoms with E-state index in [0.717, 1.165) is 0 Å². The van der Waals surface area contributed by atoms with Crippen molar-refractivity contribution in [2.45, 2.75) is 17.9 Å². The largest absolute Gasteiger partial charge is 0.482 e. The highest BCUT2D eigenvalue weighted by molar-refractivity contribution is 7.89. The molecule has 1 rings (SSSR count). The summed E-state index contributed by atoms with van der Waals surface area (Å²) in [6.07, 6.45) is 0. The predicted molar refractivity (Wildman–Crippen MR) is 71.4 cm³/mol. The van der Waals surface area contributed by atoms with Gasteiger partial charge in [0.2, 0.25) is 10.0 Å². The van der Waals surface area contributed by atoms with Gasteiger partial charge < -0.3 is 14.6 Å². The maximum absolute atomic E-state index is 11.9. The molecule has 0 aliphatic heterocycles. The van der Waals surface area contributed by atoms with E-state index in [1.807, 2.05) is 4.72 Å². The third-order valence-electron chi connectivity index (χ3n) is 2.42. The van der Waals surface area contributed by atoms with Crippen LogP contribution in [0.3, 0.4) is 0 Å². The maximum atomic E-state index is 11.9. The first-order valence-electron chi connectivity index (χ1n) is 5.81. The van der Waals surface area contributed by atoms with E-state index >= 15 is 0 Å². The topological polar surface area (TPSA) is 119 Å². The Morgan fingerprint density at radius 1 is 1.29 bits per heavy atom. The minimum Gasteiger partial charge on any atom is -0.482 e. The number of carboxylic acids is 1. The van der Waals surface area contributed by atoms with Crippen LogP contribution in [0.25, 0.3) is 0 Å². The monoisotopic (exact) mass is 317 g/mol. The summed E-state index contributed by atoms with van der Waals surface area (Å²) in [7, 11) is -2.72. The first kappa shape index (κ1) is 16.9. The lowest BCUT2D eigenvalue weighted by atomic mass is 10.3. The van der Waals surface area contributed by atoms with Crippen molar-refractivity contribution >= 4 is 22.0 Å². The van der Waals surface area contributed by atoms with Crippen molar-refractivity contribution in [2.75, 3.05) is 13.7 Å². The Morgan fingerprint density at radius 3 is 2.33 bits per heavy atom. The Hall–Kier alpha value is -2.13. The lowest BCUT2D eigenvalue weighted by Gasteiger charge is -2.11. The number of ether oxygens (including phenoxy) is 2. The van der Waals surface area contributed by atoms with Gasteiger partial charge in [-0.05, 0) is 31.2 Å². The number of methoxy groups -OCH3 is 1. The molecule has 1 aromatic rings. The molecule has 0 bridgehead atoms. The van der Waals surface area contributed by atoms with Crippen molar-refractivity contribution in [3.8, 4) is 5.75 Å². The van der Waals surface area contributed by atoms with Crippen LogP contribution in [0.5, 0.6) is 5.75 Å². The van der Waals surface area contributed by atoms with Crippen molar-refractivity contribution in [3.63, 3.8) is 0 Å². The Labute approximate surface area is 121 Å². The maximum Gasteiger partial charge on any atom is 0.343 e. The molecule has 0 radical (unpaired) electrons. The fourth-order valence-electron chi connectivity index (χ4n) is 1.27. The number of carbonyl (C=O) groups is 2. The summed E-state index contributed by atoms with van der Waals surface area (Å²) in [5, 5.41) is 8.69. The van der Waals surface area contributed by atoms with Crippen LogP contribution in [0.15, 0.2) is 29.2 Å². The predicted octanol–water partition coefficient (Wildman–Crippen LogP) is -0.0102. The fourth-order valence-corrected chi connectivity index (χ4v) is 2.46. The second kappa shape index (κ2) is 7.04. The molecule has 0 saturated carbocycles. The van der Waals surface area contributed by atoms with Crippen LogP contribution in [0.2, 0.25) is 0 Å². The van der Waals surface area contributed by atoms with Gasteiger partial charge in [0, 0.05) is 0 Å². The van der Waals surface area contributed by atoms with Gasteiger partial charge in [-0.1, -0.05) is 0 Å². The van der Waals surface area contributed by atoms with Gasteiger partial charge in [0.1, 0.15) is 11.8 Å². The summed E-state index contributed by atoms with van der Waals surface area (Å²) in [6.45, 7) is 0.921. The van der Waals surface area contributed by atoms with Crippen molar-refractivity contribution in [1.82, 2.24) is 4.72 Å². The smallest absolute Gasteiger partial charge is 0.343 e. The van der Waals surface area contributed by atoms with E-state index in [0.29, 0.717) is 0 Å². The molecule has 1 atom stereocenters. The molecule has 0 aromatic heterocycles. The molecule has 8 nitrogen and oxygen atoms in total. The standard InChI is InChI=1S/C12H15NO7S/c1-8(12(15)16)13-21(17,18)10-5-3-9(4-6-10)20-7-11(14)19-2/h3-6,8,13H,7H2,1-2H3,(H,15,16)/t8-/m1/s1. The highest BCUT2D eigenvalue weighted by atomic mass is 32.2. The fraction of sp³-hybridized carbons (Fsp3) is 0.333. The van der Waals surface area contributed by atoms with E-state index in [-0.39, 0.29) is 17.3 Å². The van der Waals surface area contributed by atoms with E-state index in [2.05, 4.69) is 4.74 Å². The lowest BCUT2D eigenvalue weighted by Crippen LogP contribution is -2.38.